The van der Waals surface area contributed by atoms with Crippen LogP contribution in [0.2, 0.25) is 5.15 Å². The Kier molecular flexibility index (Phi) is 18.4. The van der Waals surface area contributed by atoms with Crippen molar-refractivity contribution in [2.75, 3.05) is 0 Å². The molecule has 6 nitrogen and oxygen atoms in total. The van der Waals surface area contributed by atoms with Crippen molar-refractivity contribution in [3.63, 3.8) is 0 Å². The standard InChI is InChI=1S/C52H32N2S.C36H24BO2S.C16H9ClN2/c1-3-13-33(14-4-1)37-25-26-49-46(29-37)47-31-40(34-15-5-2-6-16-34)30-45(52(47)55-49)38-19-11-17-35(27-38)36-18-12-20-39(28-36)48-32-53-50-43-23-9-7-21-41(43)42-22-8-10-24-44(42)51(50)54-48;38-37-39-31-16-8-14-27(20-31)26-13-7-15-29(19-26)32-22-30(25-11-5-2-6-12-25)23-34-33-21-28(24-9-3-1-4-10-24)17-18-35(33)40-36(32)34;17-14-9-18-15-12-7-3-1-5-10(12)11-6-2-4-8-13(11)16(15)19-14/h1-32H;1-23,38H;1-9H. The number of aromatic nitrogens is 4. The minimum absolute atomic E-state index is 0.424. The van der Waals surface area contributed by atoms with Crippen molar-refractivity contribution in [2.45, 2.75) is 0 Å². The molecule has 0 aliphatic heterocycles. The summed E-state index contributed by atoms with van der Waals surface area (Å²) < 4.78 is 10.4. The lowest BCUT2D eigenvalue weighted by atomic mass is 9.93. The quantitative estimate of drug-likeness (QED) is 0.103. The number of nitrogens with zero attached hydrogens (tertiary/aromatic N) is 4. The van der Waals surface area contributed by atoms with Gasteiger partial charge in [-0.05, 0) is 178 Å². The second-order valence-electron chi connectivity index (χ2n) is 28.4. The van der Waals surface area contributed by atoms with Gasteiger partial charge >= 0.3 is 7.69 Å². The largest absolute Gasteiger partial charge is 0.569 e. The Morgan fingerprint density at radius 3 is 1.01 bits per heavy atom. The molecule has 0 fully saturated rings. The van der Waals surface area contributed by atoms with E-state index in [1.165, 1.54) is 123 Å². The summed E-state index contributed by atoms with van der Waals surface area (Å²) in [5.74, 6) is 0.595. The highest BCUT2D eigenvalue weighted by atomic mass is 35.5. The van der Waals surface area contributed by atoms with E-state index in [1.807, 2.05) is 71.3 Å². The first-order valence-electron chi connectivity index (χ1n) is 37.9. The smallest absolute Gasteiger partial charge is 0.537 e. The van der Waals surface area contributed by atoms with Crippen molar-refractivity contribution < 1.29 is 9.68 Å². The molecule has 0 aliphatic carbocycles. The van der Waals surface area contributed by atoms with Crippen molar-refractivity contribution in [2.24, 2.45) is 0 Å². The lowest BCUT2D eigenvalue weighted by molar-refractivity contribution is 0.454. The highest BCUT2D eigenvalue weighted by molar-refractivity contribution is 7.26. The first-order chi connectivity index (χ1) is 56.4. The summed E-state index contributed by atoms with van der Waals surface area (Å²) in [5, 5.41) is 23.9. The van der Waals surface area contributed by atoms with Crippen LogP contribution >= 0.6 is 34.3 Å². The Morgan fingerprint density at radius 2 is 0.570 bits per heavy atom. The van der Waals surface area contributed by atoms with Gasteiger partial charge in [-0.15, -0.1) is 22.7 Å². The Bertz CT molecular complexity index is 7400. The monoisotopic (exact) mass is 1510 g/mol. The second kappa shape index (κ2) is 30.1. The van der Waals surface area contributed by atoms with Crippen molar-refractivity contribution in [3.8, 4) is 106 Å². The molecule has 1 radical (unpaired) electrons. The van der Waals surface area contributed by atoms with E-state index < -0.39 is 0 Å². The van der Waals surface area contributed by atoms with E-state index in [-0.39, 0.29) is 0 Å². The number of fused-ring (bicyclic) bond motifs is 18. The first-order valence-corrected chi connectivity index (χ1v) is 39.9. The van der Waals surface area contributed by atoms with E-state index in [2.05, 4.69) is 344 Å². The molecule has 0 saturated heterocycles. The third-order valence-electron chi connectivity index (χ3n) is 21.6. The summed E-state index contributed by atoms with van der Waals surface area (Å²) in [6.07, 6.45) is 3.53. The van der Waals surface area contributed by atoms with Crippen LogP contribution in [0.15, 0.2) is 389 Å². The SMILES string of the molecule is Clc1cnc2c3ccccc3c3ccccc3c2n1.O[B]Oc1cccc(-c2cccc(-c3cc(-c4ccccc4)cc4c3sc3ccc(-c5ccccc5)cc34)c2)c1.c1ccc(-c2ccc3sc4c(-c5cccc(-c6cccc(-c7cnc8c9ccccc9c9ccccc9c8n7)c6)c5)cc(-c5ccccc5)cc4c3c2)cc1. The topological polar surface area (TPSA) is 81.0 Å². The van der Waals surface area contributed by atoms with Crippen molar-refractivity contribution in [3.05, 3.63) is 394 Å². The predicted octanol–water partition coefficient (Wildman–Crippen LogP) is 28.9. The molecule has 10 heteroatoms. The number of halogens is 1. The van der Waals surface area contributed by atoms with Crippen LogP contribution in [0, 0.1) is 0 Å². The molecule has 4 heterocycles. The molecule has 1 N–H and O–H groups in total. The fourth-order valence-electron chi connectivity index (χ4n) is 16.2. The molecule has 0 spiro atoms. The molecular formula is C104H65BClN4O2S2. The summed E-state index contributed by atoms with van der Waals surface area (Å²) in [6.45, 7) is 0. The van der Waals surface area contributed by atoms with Crippen LogP contribution in [-0.2, 0) is 0 Å². The van der Waals surface area contributed by atoms with E-state index >= 15 is 0 Å². The number of rotatable bonds is 11. The van der Waals surface area contributed by atoms with Gasteiger partial charge in [0.2, 0.25) is 0 Å². The Hall–Kier alpha value is -13.8. The molecule has 0 aliphatic rings. The summed E-state index contributed by atoms with van der Waals surface area (Å²) in [6, 6.07) is 133. The van der Waals surface area contributed by atoms with E-state index in [9.17, 15) is 0 Å². The zero-order chi connectivity index (χ0) is 76.0. The van der Waals surface area contributed by atoms with Gasteiger partial charge in [-0.25, -0.2) is 9.97 Å². The molecular weight excluding hydrogens is 1450 g/mol. The second-order valence-corrected chi connectivity index (χ2v) is 30.9. The molecule has 0 saturated carbocycles. The maximum Gasteiger partial charge on any atom is 0.569 e. The van der Waals surface area contributed by atoms with Gasteiger partial charge in [0.15, 0.2) is 0 Å². The Morgan fingerprint density at radius 1 is 0.246 bits per heavy atom. The van der Waals surface area contributed by atoms with Crippen LogP contribution in [0.4, 0.5) is 0 Å². The average molecular weight is 1510 g/mol. The fraction of sp³-hybridized carbons (Fsp3) is 0. The van der Waals surface area contributed by atoms with Crippen LogP contribution in [0.1, 0.15) is 0 Å². The van der Waals surface area contributed by atoms with Crippen LogP contribution < -0.4 is 4.65 Å². The first kappa shape index (κ1) is 69.4. The van der Waals surface area contributed by atoms with E-state index in [1.54, 1.807) is 6.20 Å². The van der Waals surface area contributed by atoms with Crippen molar-refractivity contribution in [1.82, 2.24) is 19.9 Å². The number of thiophene rings is 2. The Labute approximate surface area is 671 Å². The molecule has 0 bridgehead atoms. The number of hydrogen-bond donors (Lipinski definition) is 1. The highest BCUT2D eigenvalue weighted by Crippen LogP contribution is 2.48. The van der Waals surface area contributed by atoms with Crippen LogP contribution in [0.5, 0.6) is 5.75 Å². The molecule has 22 rings (SSSR count). The van der Waals surface area contributed by atoms with Crippen molar-refractivity contribution >= 4 is 147 Å². The Balaban J connectivity index is 0.000000124. The van der Waals surface area contributed by atoms with Crippen LogP contribution in [0.3, 0.4) is 0 Å². The van der Waals surface area contributed by atoms with E-state index in [0.29, 0.717) is 18.6 Å². The average Bonchev–Trinajstić information content (AvgIpc) is 1.41. The molecule has 535 valence electrons. The van der Waals surface area contributed by atoms with Gasteiger partial charge in [0, 0.05) is 78.6 Å². The third-order valence-corrected chi connectivity index (χ3v) is 24.2. The van der Waals surface area contributed by atoms with Gasteiger partial charge in [0.05, 0.1) is 40.2 Å². The molecule has 18 aromatic carbocycles. The number of benzene rings is 18. The predicted molar refractivity (Wildman–Crippen MR) is 484 cm³/mol. The number of hydrogen-bond acceptors (Lipinski definition) is 8. The van der Waals surface area contributed by atoms with Crippen molar-refractivity contribution in [1.29, 1.82) is 0 Å². The normalized spacial score (nSPS) is 11.4. The fourth-order valence-corrected chi connectivity index (χ4v) is 18.7. The van der Waals surface area contributed by atoms with Gasteiger partial charge in [-0.1, -0.05) is 309 Å². The summed E-state index contributed by atoms with van der Waals surface area (Å²) in [4.78, 5) is 19.2. The van der Waals surface area contributed by atoms with Gasteiger partial charge in [0.25, 0.3) is 0 Å². The molecule has 0 atom stereocenters. The van der Waals surface area contributed by atoms with Gasteiger partial charge in [-0.2, -0.15) is 0 Å². The molecule has 0 amide bonds. The zero-order valence-electron chi connectivity index (χ0n) is 61.4. The molecule has 114 heavy (non-hydrogen) atoms. The minimum atomic E-state index is 0.424. The van der Waals surface area contributed by atoms with Gasteiger partial charge < -0.3 is 9.68 Å². The summed E-state index contributed by atoms with van der Waals surface area (Å²) in [7, 11) is 0.714. The summed E-state index contributed by atoms with van der Waals surface area (Å²) >= 11 is 9.73. The maximum absolute atomic E-state index is 9.09. The molecule has 0 unspecified atom stereocenters. The van der Waals surface area contributed by atoms with Gasteiger partial charge in [0.1, 0.15) is 10.9 Å². The maximum atomic E-state index is 9.09. The van der Waals surface area contributed by atoms with Crippen LogP contribution in [-0.4, -0.2) is 32.6 Å². The summed E-state index contributed by atoms with van der Waals surface area (Å²) in [5.41, 5.74) is 24.5. The minimum Gasteiger partial charge on any atom is -0.537 e. The highest BCUT2D eigenvalue weighted by Gasteiger charge is 2.20. The van der Waals surface area contributed by atoms with Gasteiger partial charge in [-0.3, -0.25) is 9.97 Å². The van der Waals surface area contributed by atoms with E-state index in [4.69, 9.17) is 31.2 Å². The lowest BCUT2D eigenvalue weighted by Gasteiger charge is -2.12. The van der Waals surface area contributed by atoms with Crippen LogP contribution in [0.25, 0.3) is 206 Å². The van der Waals surface area contributed by atoms with E-state index in [0.717, 1.165) is 82.7 Å². The third kappa shape index (κ3) is 13.2. The molecule has 4 aromatic heterocycles. The zero-order valence-corrected chi connectivity index (χ0v) is 63.8. The molecule has 22 aromatic rings. The lowest BCUT2D eigenvalue weighted by Crippen LogP contribution is -1.99.